The summed E-state index contributed by atoms with van der Waals surface area (Å²) in [6.45, 7) is 4.79. The van der Waals surface area contributed by atoms with Crippen LogP contribution in [0.15, 0.2) is 18.5 Å². The van der Waals surface area contributed by atoms with Crippen LogP contribution in [0.4, 0.5) is 11.4 Å². The molecule has 3 aliphatic rings. The number of fused-ring (bicyclic) bond motifs is 4. The summed E-state index contributed by atoms with van der Waals surface area (Å²) in [5, 5.41) is 0. The smallest absolute Gasteiger partial charge is 0.227 e. The Morgan fingerprint density at radius 1 is 1.41 bits per heavy atom. The predicted molar refractivity (Wildman–Crippen MR) is 85.1 cm³/mol. The number of carbonyl (C=O) groups excluding carboxylic acids is 1. The molecule has 22 heavy (non-hydrogen) atoms. The number of amides is 1. The van der Waals surface area contributed by atoms with E-state index < -0.39 is 0 Å². The van der Waals surface area contributed by atoms with E-state index in [0.29, 0.717) is 24.5 Å². The number of hydrogen-bond donors (Lipinski definition) is 0. The number of ether oxygens (including phenoxy) is 1. The van der Waals surface area contributed by atoms with Crippen LogP contribution < -0.4 is 9.80 Å². The zero-order chi connectivity index (χ0) is 15.1. The number of rotatable bonds is 4. The van der Waals surface area contributed by atoms with Gasteiger partial charge in [-0.1, -0.05) is 0 Å². The van der Waals surface area contributed by atoms with Gasteiger partial charge in [-0.3, -0.25) is 9.78 Å². The molecule has 0 aromatic carbocycles. The second kappa shape index (κ2) is 5.54. The third-order valence-electron chi connectivity index (χ3n) is 5.23. The molecule has 5 heteroatoms. The number of nitrogens with zero attached hydrogens (tertiary/aromatic N) is 3. The molecule has 1 aromatic heterocycles. The highest BCUT2D eigenvalue weighted by Gasteiger charge is 2.40. The quantitative estimate of drug-likeness (QED) is 0.855. The summed E-state index contributed by atoms with van der Waals surface area (Å²) in [4.78, 5) is 21.5. The number of aromatic nitrogens is 1. The summed E-state index contributed by atoms with van der Waals surface area (Å²) in [5.41, 5.74) is 2.17. The Hall–Kier alpha value is -1.62. The van der Waals surface area contributed by atoms with Crippen molar-refractivity contribution in [3.63, 3.8) is 0 Å². The fourth-order valence-corrected chi connectivity index (χ4v) is 4.09. The molecule has 1 atom stereocenters. The first-order valence-electron chi connectivity index (χ1n) is 8.39. The summed E-state index contributed by atoms with van der Waals surface area (Å²) in [7, 11) is 0. The largest absolute Gasteiger partial charge is 0.378 e. The third kappa shape index (κ3) is 2.28. The lowest BCUT2D eigenvalue weighted by Gasteiger charge is -2.39. The van der Waals surface area contributed by atoms with Gasteiger partial charge in [0.25, 0.3) is 0 Å². The van der Waals surface area contributed by atoms with Gasteiger partial charge in [0.1, 0.15) is 0 Å². The molecule has 0 spiro atoms. The van der Waals surface area contributed by atoms with Crippen LogP contribution in [0.1, 0.15) is 32.6 Å². The Morgan fingerprint density at radius 3 is 3.09 bits per heavy atom. The van der Waals surface area contributed by atoms with Crippen LogP contribution in [-0.2, 0) is 9.53 Å². The van der Waals surface area contributed by atoms with Crippen LogP contribution in [0.5, 0.6) is 0 Å². The molecule has 0 radical (unpaired) electrons. The highest BCUT2D eigenvalue weighted by molar-refractivity contribution is 5.99. The van der Waals surface area contributed by atoms with E-state index in [1.54, 1.807) is 6.20 Å². The van der Waals surface area contributed by atoms with E-state index in [2.05, 4.69) is 14.8 Å². The molecule has 4 rings (SSSR count). The first-order valence-corrected chi connectivity index (χ1v) is 8.39. The lowest BCUT2D eigenvalue weighted by Crippen LogP contribution is -2.47. The standard InChI is InChI=1S/C17H23N3O2/c1-2-22-14-7-12(8-14)9-17(21)20-13-4-6-19(11-13)16-10-18-5-3-15(16)20/h3,5,10,12-14H,2,4,6-9,11H2,1H3. The first kappa shape index (κ1) is 14.0. The van der Waals surface area contributed by atoms with E-state index in [1.165, 1.54) is 0 Å². The number of hydrogen-bond acceptors (Lipinski definition) is 4. The lowest BCUT2D eigenvalue weighted by atomic mass is 9.79. The van der Waals surface area contributed by atoms with Gasteiger partial charge in [0.2, 0.25) is 5.91 Å². The van der Waals surface area contributed by atoms with Gasteiger partial charge in [-0.15, -0.1) is 0 Å². The van der Waals surface area contributed by atoms with Crippen molar-refractivity contribution < 1.29 is 9.53 Å². The number of carbonyl (C=O) groups is 1. The zero-order valence-corrected chi connectivity index (χ0v) is 13.1. The monoisotopic (exact) mass is 301 g/mol. The minimum Gasteiger partial charge on any atom is -0.378 e. The van der Waals surface area contributed by atoms with Crippen LogP contribution in [0.2, 0.25) is 0 Å². The van der Waals surface area contributed by atoms with Crippen molar-refractivity contribution in [1.82, 2.24) is 4.98 Å². The molecule has 1 aliphatic carbocycles. The van der Waals surface area contributed by atoms with Crippen LogP contribution in [0.25, 0.3) is 0 Å². The summed E-state index contributed by atoms with van der Waals surface area (Å²) >= 11 is 0. The van der Waals surface area contributed by atoms with Gasteiger partial charge in [-0.25, -0.2) is 0 Å². The minimum atomic E-state index is 0.277. The second-order valence-electron chi connectivity index (χ2n) is 6.64. The molecule has 2 bridgehead atoms. The fraction of sp³-hybridized carbons (Fsp3) is 0.647. The Bertz CT molecular complexity index is 571. The molecular formula is C17H23N3O2. The SMILES string of the molecule is CCOC1CC(CC(=O)N2c3ccncc3N3CCC2C3)C1. The highest BCUT2D eigenvalue weighted by Crippen LogP contribution is 2.41. The fourth-order valence-electron chi connectivity index (χ4n) is 4.09. The average molecular weight is 301 g/mol. The Morgan fingerprint density at radius 2 is 2.27 bits per heavy atom. The van der Waals surface area contributed by atoms with Crippen LogP contribution in [0.3, 0.4) is 0 Å². The topological polar surface area (TPSA) is 45.7 Å². The van der Waals surface area contributed by atoms with Crippen molar-refractivity contribution in [3.8, 4) is 0 Å². The summed E-state index contributed by atoms with van der Waals surface area (Å²) in [5.74, 6) is 0.771. The third-order valence-corrected chi connectivity index (χ3v) is 5.23. The maximum Gasteiger partial charge on any atom is 0.227 e. The maximum atomic E-state index is 12.9. The zero-order valence-electron chi connectivity index (χ0n) is 13.1. The molecule has 118 valence electrons. The van der Waals surface area contributed by atoms with Crippen molar-refractivity contribution in [3.05, 3.63) is 18.5 Å². The number of anilines is 2. The average Bonchev–Trinajstić information content (AvgIpc) is 2.90. The lowest BCUT2D eigenvalue weighted by molar-refractivity contribution is -0.122. The van der Waals surface area contributed by atoms with Crippen molar-refractivity contribution in [2.24, 2.45) is 5.92 Å². The molecule has 1 aromatic rings. The van der Waals surface area contributed by atoms with Gasteiger partial charge in [-0.2, -0.15) is 0 Å². The van der Waals surface area contributed by atoms with E-state index >= 15 is 0 Å². The molecular weight excluding hydrogens is 278 g/mol. The van der Waals surface area contributed by atoms with Crippen LogP contribution >= 0.6 is 0 Å². The Labute approximate surface area is 131 Å². The van der Waals surface area contributed by atoms with Crippen molar-refractivity contribution >= 4 is 17.3 Å². The first-order chi connectivity index (χ1) is 10.8. The highest BCUT2D eigenvalue weighted by atomic mass is 16.5. The molecule has 1 unspecified atom stereocenters. The molecule has 2 aliphatic heterocycles. The summed E-state index contributed by atoms with van der Waals surface area (Å²) in [6.07, 6.45) is 7.85. The summed E-state index contributed by atoms with van der Waals surface area (Å²) < 4.78 is 5.60. The number of pyridine rings is 1. The van der Waals surface area contributed by atoms with E-state index in [0.717, 1.165) is 50.3 Å². The van der Waals surface area contributed by atoms with Gasteiger partial charge in [-0.05, 0) is 38.2 Å². The van der Waals surface area contributed by atoms with E-state index in [4.69, 9.17) is 4.74 Å². The van der Waals surface area contributed by atoms with E-state index in [-0.39, 0.29) is 5.91 Å². The van der Waals surface area contributed by atoms with Gasteiger partial charge in [0.15, 0.2) is 0 Å². The van der Waals surface area contributed by atoms with Crippen molar-refractivity contribution in [2.45, 2.75) is 44.8 Å². The van der Waals surface area contributed by atoms with Gasteiger partial charge in [0.05, 0.1) is 29.7 Å². The molecule has 1 saturated heterocycles. The molecule has 3 heterocycles. The minimum absolute atomic E-state index is 0.277. The van der Waals surface area contributed by atoms with E-state index in [9.17, 15) is 4.79 Å². The molecule has 1 saturated carbocycles. The molecule has 5 nitrogen and oxygen atoms in total. The van der Waals surface area contributed by atoms with Crippen molar-refractivity contribution in [2.75, 3.05) is 29.5 Å². The van der Waals surface area contributed by atoms with Gasteiger partial charge < -0.3 is 14.5 Å². The molecule has 0 N–H and O–H groups in total. The van der Waals surface area contributed by atoms with Gasteiger partial charge >= 0.3 is 0 Å². The second-order valence-corrected chi connectivity index (χ2v) is 6.64. The van der Waals surface area contributed by atoms with Crippen molar-refractivity contribution in [1.29, 1.82) is 0 Å². The molecule has 1 amide bonds. The Balaban J connectivity index is 1.47. The molecule has 2 fully saturated rings. The summed E-state index contributed by atoms with van der Waals surface area (Å²) in [6, 6.07) is 2.33. The normalized spacial score (nSPS) is 29.2. The Kier molecular flexibility index (Phi) is 3.53. The maximum absolute atomic E-state index is 12.9. The predicted octanol–water partition coefficient (Wildman–Crippen LogP) is 2.21. The van der Waals surface area contributed by atoms with Gasteiger partial charge in [0, 0.05) is 32.3 Å². The van der Waals surface area contributed by atoms with E-state index in [1.807, 2.05) is 19.2 Å². The van der Waals surface area contributed by atoms with Crippen LogP contribution in [0, 0.1) is 5.92 Å². The van der Waals surface area contributed by atoms with Crippen LogP contribution in [-0.4, -0.2) is 42.7 Å².